The van der Waals surface area contributed by atoms with E-state index in [4.69, 9.17) is 4.52 Å². The van der Waals surface area contributed by atoms with Crippen molar-refractivity contribution in [2.75, 3.05) is 5.32 Å². The van der Waals surface area contributed by atoms with Crippen molar-refractivity contribution >= 4 is 17.5 Å². The van der Waals surface area contributed by atoms with E-state index in [1.807, 2.05) is 31.2 Å². The predicted molar refractivity (Wildman–Crippen MR) is 121 cm³/mol. The summed E-state index contributed by atoms with van der Waals surface area (Å²) in [5.41, 5.74) is 4.16. The zero-order valence-electron chi connectivity index (χ0n) is 17.8. The molecule has 160 valence electrons. The van der Waals surface area contributed by atoms with E-state index >= 15 is 0 Å². The van der Waals surface area contributed by atoms with E-state index in [-0.39, 0.29) is 11.8 Å². The SMILES string of the molecule is Cc1ccc(CNC(=O)c2ccccc2NC(=O)c2ccc(-c3nc(C)no3)cc2)cc1. The average Bonchev–Trinajstić information content (AvgIpc) is 3.25. The van der Waals surface area contributed by atoms with Gasteiger partial charge < -0.3 is 15.2 Å². The van der Waals surface area contributed by atoms with Crippen LogP contribution in [0, 0.1) is 13.8 Å². The maximum Gasteiger partial charge on any atom is 0.257 e. The Morgan fingerprint density at radius 3 is 2.28 bits per heavy atom. The molecule has 2 amide bonds. The number of benzene rings is 3. The lowest BCUT2D eigenvalue weighted by Crippen LogP contribution is -2.24. The molecule has 0 unspecified atom stereocenters. The number of anilines is 1. The molecule has 4 aromatic rings. The van der Waals surface area contributed by atoms with Crippen LogP contribution in [0.2, 0.25) is 0 Å². The van der Waals surface area contributed by atoms with E-state index in [9.17, 15) is 9.59 Å². The van der Waals surface area contributed by atoms with Gasteiger partial charge >= 0.3 is 0 Å². The summed E-state index contributed by atoms with van der Waals surface area (Å²) in [5.74, 6) is 0.352. The first-order valence-electron chi connectivity index (χ1n) is 10.1. The molecule has 7 nitrogen and oxygen atoms in total. The molecule has 0 fully saturated rings. The number of nitrogens with one attached hydrogen (secondary N) is 2. The topological polar surface area (TPSA) is 97.1 Å². The van der Waals surface area contributed by atoms with Gasteiger partial charge in [0.05, 0.1) is 11.3 Å². The summed E-state index contributed by atoms with van der Waals surface area (Å²) >= 11 is 0. The first kappa shape index (κ1) is 21.0. The van der Waals surface area contributed by atoms with Crippen molar-refractivity contribution in [2.45, 2.75) is 20.4 Å². The van der Waals surface area contributed by atoms with E-state index in [1.54, 1.807) is 55.5 Å². The van der Waals surface area contributed by atoms with Crippen LogP contribution in [0.3, 0.4) is 0 Å². The summed E-state index contributed by atoms with van der Waals surface area (Å²) in [6.07, 6.45) is 0. The maximum absolute atomic E-state index is 12.8. The van der Waals surface area contributed by atoms with Crippen molar-refractivity contribution in [1.82, 2.24) is 15.5 Å². The molecule has 0 bridgehead atoms. The molecule has 0 saturated heterocycles. The first-order valence-corrected chi connectivity index (χ1v) is 10.1. The molecule has 1 aromatic heterocycles. The fourth-order valence-electron chi connectivity index (χ4n) is 3.15. The van der Waals surface area contributed by atoms with Gasteiger partial charge in [-0.3, -0.25) is 9.59 Å². The number of carbonyl (C=O) groups is 2. The van der Waals surface area contributed by atoms with Gasteiger partial charge in [0.1, 0.15) is 0 Å². The molecule has 1 heterocycles. The fraction of sp³-hybridized carbons (Fsp3) is 0.120. The smallest absolute Gasteiger partial charge is 0.257 e. The minimum absolute atomic E-state index is 0.261. The average molecular weight is 426 g/mol. The van der Waals surface area contributed by atoms with Crippen molar-refractivity contribution in [3.8, 4) is 11.5 Å². The van der Waals surface area contributed by atoms with Crippen LogP contribution in [0.5, 0.6) is 0 Å². The molecule has 0 aliphatic heterocycles. The highest BCUT2D eigenvalue weighted by Crippen LogP contribution is 2.20. The number of rotatable bonds is 6. The van der Waals surface area contributed by atoms with E-state index in [0.717, 1.165) is 16.7 Å². The zero-order chi connectivity index (χ0) is 22.5. The predicted octanol–water partition coefficient (Wildman–Crippen LogP) is 4.54. The van der Waals surface area contributed by atoms with Crippen molar-refractivity contribution in [1.29, 1.82) is 0 Å². The van der Waals surface area contributed by atoms with Crippen LogP contribution in [0.15, 0.2) is 77.3 Å². The Hall–Kier alpha value is -4.26. The van der Waals surface area contributed by atoms with Gasteiger partial charge in [-0.15, -0.1) is 0 Å². The molecule has 3 aromatic carbocycles. The number of nitrogens with zero attached hydrogens (tertiary/aromatic N) is 2. The highest BCUT2D eigenvalue weighted by Gasteiger charge is 2.15. The number of carbonyl (C=O) groups excluding carboxylic acids is 2. The van der Waals surface area contributed by atoms with Gasteiger partial charge in [0, 0.05) is 17.7 Å². The number of aromatic nitrogens is 2. The van der Waals surface area contributed by atoms with Crippen molar-refractivity contribution in [3.63, 3.8) is 0 Å². The van der Waals surface area contributed by atoms with Crippen LogP contribution in [-0.2, 0) is 6.54 Å². The van der Waals surface area contributed by atoms with Gasteiger partial charge in [-0.25, -0.2) is 0 Å². The van der Waals surface area contributed by atoms with Crippen LogP contribution in [0.1, 0.15) is 37.7 Å². The largest absolute Gasteiger partial charge is 0.348 e. The number of amides is 2. The molecule has 32 heavy (non-hydrogen) atoms. The number of para-hydroxylation sites is 1. The quantitative estimate of drug-likeness (QED) is 0.472. The van der Waals surface area contributed by atoms with Crippen molar-refractivity contribution < 1.29 is 14.1 Å². The molecule has 4 rings (SSSR count). The third kappa shape index (κ3) is 4.89. The lowest BCUT2D eigenvalue weighted by Gasteiger charge is -2.12. The minimum atomic E-state index is -0.322. The molecule has 0 atom stereocenters. The van der Waals surface area contributed by atoms with Crippen LogP contribution in [-0.4, -0.2) is 22.0 Å². The van der Waals surface area contributed by atoms with Gasteiger partial charge in [-0.1, -0.05) is 47.1 Å². The highest BCUT2D eigenvalue weighted by molar-refractivity contribution is 6.09. The highest BCUT2D eigenvalue weighted by atomic mass is 16.5. The summed E-state index contributed by atoms with van der Waals surface area (Å²) in [7, 11) is 0. The summed E-state index contributed by atoms with van der Waals surface area (Å²) in [4.78, 5) is 29.7. The normalized spacial score (nSPS) is 10.6. The van der Waals surface area contributed by atoms with Gasteiger partial charge in [-0.05, 0) is 55.8 Å². The number of aryl methyl sites for hydroxylation is 2. The first-order chi connectivity index (χ1) is 15.5. The maximum atomic E-state index is 12.8. The summed E-state index contributed by atoms with van der Waals surface area (Å²) < 4.78 is 5.14. The molecule has 0 saturated carbocycles. The second-order valence-electron chi connectivity index (χ2n) is 7.39. The molecule has 7 heteroatoms. The fourth-order valence-corrected chi connectivity index (χ4v) is 3.15. The minimum Gasteiger partial charge on any atom is -0.348 e. The molecular weight excluding hydrogens is 404 g/mol. The van der Waals surface area contributed by atoms with E-state index in [2.05, 4.69) is 20.8 Å². The monoisotopic (exact) mass is 426 g/mol. The third-order valence-electron chi connectivity index (χ3n) is 4.92. The van der Waals surface area contributed by atoms with Gasteiger partial charge in [0.15, 0.2) is 5.82 Å². The van der Waals surface area contributed by atoms with Crippen molar-refractivity contribution in [2.24, 2.45) is 0 Å². The van der Waals surface area contributed by atoms with E-state index in [1.165, 1.54) is 0 Å². The van der Waals surface area contributed by atoms with Gasteiger partial charge in [0.25, 0.3) is 17.7 Å². The van der Waals surface area contributed by atoms with Crippen LogP contribution < -0.4 is 10.6 Å². The van der Waals surface area contributed by atoms with Crippen LogP contribution >= 0.6 is 0 Å². The molecular formula is C25H22N4O3. The molecule has 0 aliphatic rings. The van der Waals surface area contributed by atoms with Gasteiger partial charge in [-0.2, -0.15) is 4.98 Å². The lowest BCUT2D eigenvalue weighted by molar-refractivity contribution is 0.0952. The van der Waals surface area contributed by atoms with Crippen molar-refractivity contribution in [3.05, 3.63) is 101 Å². The summed E-state index contributed by atoms with van der Waals surface area (Å²) in [6.45, 7) is 4.15. The summed E-state index contributed by atoms with van der Waals surface area (Å²) in [5, 5.41) is 9.50. The standard InChI is InChI=1S/C25H22N4O3/c1-16-7-9-18(10-8-16)15-26-24(31)21-5-3-4-6-22(21)28-23(30)19-11-13-20(14-12-19)25-27-17(2)29-32-25/h3-14H,15H2,1-2H3,(H,26,31)(H,28,30). The Labute approximate surface area is 185 Å². The lowest BCUT2D eigenvalue weighted by atomic mass is 10.1. The van der Waals surface area contributed by atoms with E-state index < -0.39 is 0 Å². The Balaban J connectivity index is 1.44. The molecule has 0 spiro atoms. The molecule has 0 radical (unpaired) electrons. The van der Waals surface area contributed by atoms with Gasteiger partial charge in [0.2, 0.25) is 0 Å². The second kappa shape index (κ2) is 9.26. The van der Waals surface area contributed by atoms with Crippen LogP contribution in [0.4, 0.5) is 5.69 Å². The van der Waals surface area contributed by atoms with E-state index in [0.29, 0.717) is 35.1 Å². The third-order valence-corrected chi connectivity index (χ3v) is 4.92. The Morgan fingerprint density at radius 2 is 1.59 bits per heavy atom. The summed E-state index contributed by atoms with van der Waals surface area (Å²) in [6, 6.07) is 21.7. The molecule has 0 aliphatic carbocycles. The Kier molecular flexibility index (Phi) is 6.07. The second-order valence-corrected chi connectivity index (χ2v) is 7.39. The van der Waals surface area contributed by atoms with Crippen LogP contribution in [0.25, 0.3) is 11.5 Å². The Bertz CT molecular complexity index is 1240. The number of hydrogen-bond donors (Lipinski definition) is 2. The Morgan fingerprint density at radius 1 is 0.875 bits per heavy atom. The number of hydrogen-bond acceptors (Lipinski definition) is 5. The zero-order valence-corrected chi connectivity index (χ0v) is 17.8. The molecule has 2 N–H and O–H groups in total.